The summed E-state index contributed by atoms with van der Waals surface area (Å²) in [4.78, 5) is 17.7. The van der Waals surface area contributed by atoms with Gasteiger partial charge in [0.2, 0.25) is 0 Å². The molecule has 3 N–H and O–H groups in total. The quantitative estimate of drug-likeness (QED) is 0.849. The number of carbonyl (C=O) groups is 1. The normalized spacial score (nSPS) is 15.8. The standard InChI is InChI=1S/C16H21N5O2/c17-16(23)13-11-18-5-1-15(13)20-7-3-12(4-8-20)14-2-6-19-21(14)9-10-22/h1-2,5-6,11-12,22H,3-4,7-10H2,(H2,17,23). The van der Waals surface area contributed by atoms with Gasteiger partial charge >= 0.3 is 0 Å². The van der Waals surface area contributed by atoms with Crippen molar-refractivity contribution in [1.82, 2.24) is 14.8 Å². The van der Waals surface area contributed by atoms with E-state index in [-0.39, 0.29) is 6.61 Å². The highest BCUT2D eigenvalue weighted by atomic mass is 16.3. The van der Waals surface area contributed by atoms with Gasteiger partial charge in [-0.3, -0.25) is 14.5 Å². The van der Waals surface area contributed by atoms with Crippen molar-refractivity contribution in [3.05, 3.63) is 42.0 Å². The second-order valence-electron chi connectivity index (χ2n) is 5.72. The van der Waals surface area contributed by atoms with Crippen molar-refractivity contribution in [2.75, 3.05) is 24.6 Å². The van der Waals surface area contributed by atoms with Gasteiger partial charge in [-0.1, -0.05) is 0 Å². The van der Waals surface area contributed by atoms with Crippen LogP contribution in [0.3, 0.4) is 0 Å². The minimum atomic E-state index is -0.448. The van der Waals surface area contributed by atoms with Crippen LogP contribution in [0.25, 0.3) is 0 Å². The van der Waals surface area contributed by atoms with E-state index >= 15 is 0 Å². The first-order valence-electron chi connectivity index (χ1n) is 7.82. The fourth-order valence-corrected chi connectivity index (χ4v) is 3.24. The summed E-state index contributed by atoms with van der Waals surface area (Å²) < 4.78 is 1.88. The lowest BCUT2D eigenvalue weighted by molar-refractivity contribution is 0.100. The molecule has 3 rings (SSSR count). The zero-order valence-electron chi connectivity index (χ0n) is 12.9. The molecule has 2 aromatic heterocycles. The van der Waals surface area contributed by atoms with Crippen molar-refractivity contribution in [2.24, 2.45) is 5.73 Å². The predicted octanol–water partition coefficient (Wildman–Crippen LogP) is 0.753. The number of amides is 1. The number of primary amides is 1. The van der Waals surface area contributed by atoms with E-state index in [1.807, 2.05) is 16.8 Å². The average Bonchev–Trinajstić information content (AvgIpc) is 3.04. The number of carbonyl (C=O) groups excluding carboxylic acids is 1. The number of aliphatic hydroxyl groups excluding tert-OH is 1. The molecule has 0 bridgehead atoms. The SMILES string of the molecule is NC(=O)c1cnccc1N1CCC(c2ccnn2CCO)CC1. The summed E-state index contributed by atoms with van der Waals surface area (Å²) in [5.74, 6) is -0.0320. The van der Waals surface area contributed by atoms with Crippen molar-refractivity contribution in [1.29, 1.82) is 0 Å². The van der Waals surface area contributed by atoms with Crippen LogP contribution in [0.4, 0.5) is 5.69 Å². The van der Waals surface area contributed by atoms with Crippen molar-refractivity contribution in [3.63, 3.8) is 0 Å². The number of nitrogens with zero attached hydrogens (tertiary/aromatic N) is 4. The van der Waals surface area contributed by atoms with Crippen LogP contribution in [0.15, 0.2) is 30.7 Å². The number of hydrogen-bond donors (Lipinski definition) is 2. The van der Waals surface area contributed by atoms with Gasteiger partial charge in [-0.2, -0.15) is 5.10 Å². The van der Waals surface area contributed by atoms with E-state index in [1.54, 1.807) is 12.4 Å². The molecule has 0 saturated carbocycles. The topological polar surface area (TPSA) is 97.3 Å². The number of piperidine rings is 1. The van der Waals surface area contributed by atoms with E-state index in [4.69, 9.17) is 10.8 Å². The van der Waals surface area contributed by atoms with E-state index in [1.165, 1.54) is 11.9 Å². The molecule has 23 heavy (non-hydrogen) atoms. The van der Waals surface area contributed by atoms with E-state index < -0.39 is 5.91 Å². The Morgan fingerprint density at radius 3 is 2.78 bits per heavy atom. The van der Waals surface area contributed by atoms with Crippen LogP contribution in [0.1, 0.15) is 34.8 Å². The molecule has 1 saturated heterocycles. The minimum Gasteiger partial charge on any atom is -0.394 e. The van der Waals surface area contributed by atoms with E-state index in [2.05, 4.69) is 15.0 Å². The molecule has 0 atom stereocenters. The molecule has 0 spiro atoms. The van der Waals surface area contributed by atoms with Crippen molar-refractivity contribution in [2.45, 2.75) is 25.3 Å². The van der Waals surface area contributed by atoms with Gasteiger partial charge in [0, 0.05) is 43.3 Å². The molecule has 1 aliphatic heterocycles. The molecule has 1 aliphatic rings. The molecule has 2 aromatic rings. The van der Waals surface area contributed by atoms with Crippen molar-refractivity contribution < 1.29 is 9.90 Å². The Bertz CT molecular complexity index is 677. The number of aliphatic hydroxyl groups is 1. The molecule has 1 fully saturated rings. The lowest BCUT2D eigenvalue weighted by atomic mass is 9.93. The zero-order valence-corrected chi connectivity index (χ0v) is 12.9. The Kier molecular flexibility index (Phi) is 4.57. The molecule has 1 amide bonds. The fraction of sp³-hybridized carbons (Fsp3) is 0.438. The third kappa shape index (κ3) is 3.19. The first kappa shape index (κ1) is 15.5. The molecule has 0 aromatic carbocycles. The number of rotatable bonds is 5. The van der Waals surface area contributed by atoms with Gasteiger partial charge in [0.15, 0.2) is 0 Å². The van der Waals surface area contributed by atoms with Crippen molar-refractivity contribution >= 4 is 11.6 Å². The summed E-state index contributed by atoms with van der Waals surface area (Å²) in [7, 11) is 0. The van der Waals surface area contributed by atoms with Gasteiger partial charge in [-0.15, -0.1) is 0 Å². The second kappa shape index (κ2) is 6.78. The second-order valence-corrected chi connectivity index (χ2v) is 5.72. The molecule has 0 radical (unpaired) electrons. The predicted molar refractivity (Wildman–Crippen MR) is 86.3 cm³/mol. The van der Waals surface area contributed by atoms with E-state index in [9.17, 15) is 4.79 Å². The number of aromatic nitrogens is 3. The van der Waals surface area contributed by atoms with Gasteiger partial charge in [0.1, 0.15) is 0 Å². The lowest BCUT2D eigenvalue weighted by Gasteiger charge is -2.34. The minimum absolute atomic E-state index is 0.0898. The molecule has 0 unspecified atom stereocenters. The monoisotopic (exact) mass is 315 g/mol. The first-order chi connectivity index (χ1) is 11.2. The lowest BCUT2D eigenvalue weighted by Crippen LogP contribution is -2.35. The number of anilines is 1. The average molecular weight is 315 g/mol. The molecule has 7 nitrogen and oxygen atoms in total. The van der Waals surface area contributed by atoms with Crippen LogP contribution in [0.5, 0.6) is 0 Å². The number of nitrogens with two attached hydrogens (primary N) is 1. The highest BCUT2D eigenvalue weighted by molar-refractivity contribution is 5.98. The Morgan fingerprint density at radius 2 is 2.09 bits per heavy atom. The summed E-state index contributed by atoms with van der Waals surface area (Å²) >= 11 is 0. The summed E-state index contributed by atoms with van der Waals surface area (Å²) in [6.07, 6.45) is 6.94. The molecule has 122 valence electrons. The summed E-state index contributed by atoms with van der Waals surface area (Å²) in [5.41, 5.74) is 7.93. The van der Waals surface area contributed by atoms with E-state index in [0.717, 1.165) is 31.6 Å². The Balaban J connectivity index is 1.71. The fourth-order valence-electron chi connectivity index (χ4n) is 3.24. The maximum absolute atomic E-state index is 11.6. The first-order valence-corrected chi connectivity index (χ1v) is 7.82. The maximum Gasteiger partial charge on any atom is 0.252 e. The molecular weight excluding hydrogens is 294 g/mol. The third-order valence-corrected chi connectivity index (χ3v) is 4.38. The van der Waals surface area contributed by atoms with Gasteiger partial charge in [0.05, 0.1) is 24.4 Å². The van der Waals surface area contributed by atoms with Crippen molar-refractivity contribution in [3.8, 4) is 0 Å². The van der Waals surface area contributed by atoms with Crippen LogP contribution in [-0.4, -0.2) is 45.5 Å². The van der Waals surface area contributed by atoms with Gasteiger partial charge in [0.25, 0.3) is 5.91 Å². The van der Waals surface area contributed by atoms with Crippen LogP contribution in [0, 0.1) is 0 Å². The summed E-state index contributed by atoms with van der Waals surface area (Å²) in [5, 5.41) is 13.4. The van der Waals surface area contributed by atoms with Crippen LogP contribution in [-0.2, 0) is 6.54 Å². The number of pyridine rings is 1. The molecular formula is C16H21N5O2. The Labute approximate surface area is 134 Å². The highest BCUT2D eigenvalue weighted by Gasteiger charge is 2.25. The molecule has 0 aliphatic carbocycles. The van der Waals surface area contributed by atoms with Crippen LogP contribution < -0.4 is 10.6 Å². The summed E-state index contributed by atoms with van der Waals surface area (Å²) in [6.45, 7) is 2.31. The van der Waals surface area contributed by atoms with Crippen LogP contribution in [0.2, 0.25) is 0 Å². The van der Waals surface area contributed by atoms with Gasteiger partial charge in [-0.05, 0) is 25.0 Å². The smallest absolute Gasteiger partial charge is 0.252 e. The van der Waals surface area contributed by atoms with Gasteiger partial charge in [-0.25, -0.2) is 0 Å². The Morgan fingerprint density at radius 1 is 1.30 bits per heavy atom. The van der Waals surface area contributed by atoms with Crippen LogP contribution >= 0.6 is 0 Å². The van der Waals surface area contributed by atoms with E-state index in [0.29, 0.717) is 18.0 Å². The highest BCUT2D eigenvalue weighted by Crippen LogP contribution is 2.31. The zero-order chi connectivity index (χ0) is 16.2. The number of hydrogen-bond acceptors (Lipinski definition) is 5. The van der Waals surface area contributed by atoms with Gasteiger partial charge < -0.3 is 15.7 Å². The largest absolute Gasteiger partial charge is 0.394 e. The molecule has 3 heterocycles. The molecule has 7 heteroatoms. The summed E-state index contributed by atoms with van der Waals surface area (Å²) in [6, 6.07) is 3.87. The third-order valence-electron chi connectivity index (χ3n) is 4.38. The maximum atomic E-state index is 11.6. The Hall–Kier alpha value is -2.41.